The fourth-order valence-corrected chi connectivity index (χ4v) is 2.68. The van der Waals surface area contributed by atoms with Crippen LogP contribution in [0.1, 0.15) is 32.8 Å². The zero-order valence-electron chi connectivity index (χ0n) is 13.4. The fourth-order valence-electron chi connectivity index (χ4n) is 1.89. The van der Waals surface area contributed by atoms with Gasteiger partial charge in [0.15, 0.2) is 0 Å². The number of sulfonamides is 1. The molecule has 0 radical (unpaired) electrons. The quantitative estimate of drug-likeness (QED) is 0.866. The van der Waals surface area contributed by atoms with Crippen LogP contribution in [0.3, 0.4) is 0 Å². The van der Waals surface area contributed by atoms with Crippen LogP contribution in [-0.2, 0) is 21.4 Å². The summed E-state index contributed by atoms with van der Waals surface area (Å²) < 4.78 is 38.4. The number of nitrogens with zero attached hydrogens (tertiary/aromatic N) is 1. The Bertz CT molecular complexity index is 624. The molecule has 0 saturated carbocycles. The topological polar surface area (TPSA) is 66.5 Å². The van der Waals surface area contributed by atoms with Crippen LogP contribution in [0.5, 0.6) is 0 Å². The lowest BCUT2D eigenvalue weighted by molar-refractivity contribution is -0.122. The van der Waals surface area contributed by atoms with Gasteiger partial charge in [-0.2, -0.15) is 4.31 Å². The highest BCUT2D eigenvalue weighted by Gasteiger charge is 2.21. The number of hydrogen-bond acceptors (Lipinski definition) is 3. The predicted octanol–water partition coefficient (Wildman–Crippen LogP) is 1.89. The van der Waals surface area contributed by atoms with Crippen molar-refractivity contribution in [3.8, 4) is 0 Å². The summed E-state index contributed by atoms with van der Waals surface area (Å²) in [6.07, 6.45) is 1.08. The summed E-state index contributed by atoms with van der Waals surface area (Å²) in [5.74, 6) is -0.704. The van der Waals surface area contributed by atoms with E-state index in [1.54, 1.807) is 12.1 Å². The third-order valence-corrected chi connectivity index (χ3v) is 4.13. The van der Waals surface area contributed by atoms with Gasteiger partial charge < -0.3 is 5.32 Å². The zero-order chi connectivity index (χ0) is 17.0. The van der Waals surface area contributed by atoms with E-state index in [0.717, 1.165) is 10.6 Å². The standard InChI is InChI=1S/C15H23FN2O3S/c1-15(2,3)17-14(19)9-10-18(22(4,20)21)11-12-7-5-6-8-13(12)16/h5-8H,9-11H2,1-4H3,(H,17,19). The van der Waals surface area contributed by atoms with Crippen molar-refractivity contribution in [3.05, 3.63) is 35.6 Å². The van der Waals surface area contributed by atoms with Crippen molar-refractivity contribution in [3.63, 3.8) is 0 Å². The second-order valence-corrected chi connectivity index (χ2v) is 8.22. The molecule has 0 heterocycles. The van der Waals surface area contributed by atoms with E-state index in [1.807, 2.05) is 20.8 Å². The van der Waals surface area contributed by atoms with E-state index < -0.39 is 15.8 Å². The van der Waals surface area contributed by atoms with E-state index in [1.165, 1.54) is 12.1 Å². The van der Waals surface area contributed by atoms with Crippen LogP contribution in [0.2, 0.25) is 0 Å². The van der Waals surface area contributed by atoms with Gasteiger partial charge in [-0.25, -0.2) is 12.8 Å². The summed E-state index contributed by atoms with van der Waals surface area (Å²) in [6.45, 7) is 5.46. The second-order valence-electron chi connectivity index (χ2n) is 6.24. The van der Waals surface area contributed by atoms with Crippen molar-refractivity contribution in [2.24, 2.45) is 0 Å². The number of benzene rings is 1. The fraction of sp³-hybridized carbons (Fsp3) is 0.533. The van der Waals surface area contributed by atoms with Gasteiger partial charge in [-0.1, -0.05) is 18.2 Å². The molecule has 0 bridgehead atoms. The van der Waals surface area contributed by atoms with Crippen molar-refractivity contribution >= 4 is 15.9 Å². The summed E-state index contributed by atoms with van der Waals surface area (Å²) in [5.41, 5.74) is -0.0948. The van der Waals surface area contributed by atoms with Crippen LogP contribution in [0.15, 0.2) is 24.3 Å². The molecule has 0 fully saturated rings. The first-order valence-corrected chi connectivity index (χ1v) is 8.83. The van der Waals surface area contributed by atoms with Crippen molar-refractivity contribution < 1.29 is 17.6 Å². The molecule has 0 aliphatic heterocycles. The average Bonchev–Trinajstić information content (AvgIpc) is 2.32. The van der Waals surface area contributed by atoms with Crippen LogP contribution in [0.4, 0.5) is 4.39 Å². The Morgan fingerprint density at radius 1 is 1.27 bits per heavy atom. The monoisotopic (exact) mass is 330 g/mol. The van der Waals surface area contributed by atoms with Gasteiger partial charge in [0.2, 0.25) is 15.9 Å². The van der Waals surface area contributed by atoms with Crippen molar-refractivity contribution in [1.82, 2.24) is 9.62 Å². The SMILES string of the molecule is CC(C)(C)NC(=O)CCN(Cc1ccccc1F)S(C)(=O)=O. The number of carbonyl (C=O) groups excluding carboxylic acids is 1. The largest absolute Gasteiger partial charge is 0.351 e. The number of halogens is 1. The lowest BCUT2D eigenvalue weighted by Crippen LogP contribution is -2.42. The van der Waals surface area contributed by atoms with Gasteiger partial charge in [0.25, 0.3) is 0 Å². The highest BCUT2D eigenvalue weighted by molar-refractivity contribution is 7.88. The molecule has 0 aliphatic carbocycles. The Morgan fingerprint density at radius 2 is 1.86 bits per heavy atom. The van der Waals surface area contributed by atoms with Gasteiger partial charge >= 0.3 is 0 Å². The molecule has 1 aromatic carbocycles. The molecule has 0 aromatic heterocycles. The molecule has 1 rings (SSSR count). The minimum Gasteiger partial charge on any atom is -0.351 e. The Morgan fingerprint density at radius 3 is 2.36 bits per heavy atom. The Labute approximate surface area is 131 Å². The molecular weight excluding hydrogens is 307 g/mol. The van der Waals surface area contributed by atoms with Crippen LogP contribution in [0.25, 0.3) is 0 Å². The molecule has 0 unspecified atom stereocenters. The maximum absolute atomic E-state index is 13.7. The molecule has 0 aliphatic rings. The van der Waals surface area contributed by atoms with Gasteiger partial charge in [0.05, 0.1) is 6.26 Å². The van der Waals surface area contributed by atoms with Crippen molar-refractivity contribution in [2.75, 3.05) is 12.8 Å². The average molecular weight is 330 g/mol. The summed E-state index contributed by atoms with van der Waals surface area (Å²) in [6, 6.07) is 6.00. The lowest BCUT2D eigenvalue weighted by Gasteiger charge is -2.23. The first-order chi connectivity index (χ1) is 9.99. The molecule has 22 heavy (non-hydrogen) atoms. The third kappa shape index (κ3) is 6.53. The third-order valence-electron chi connectivity index (χ3n) is 2.88. The zero-order valence-corrected chi connectivity index (χ0v) is 14.2. The maximum Gasteiger partial charge on any atom is 0.221 e. The first-order valence-electron chi connectivity index (χ1n) is 6.98. The molecule has 1 N–H and O–H groups in total. The van der Waals surface area contributed by atoms with Crippen molar-refractivity contribution in [1.29, 1.82) is 0 Å². The van der Waals surface area contributed by atoms with E-state index >= 15 is 0 Å². The molecule has 124 valence electrons. The number of carbonyl (C=O) groups is 1. The molecule has 0 saturated heterocycles. The smallest absolute Gasteiger partial charge is 0.221 e. The number of amides is 1. The van der Waals surface area contributed by atoms with Gasteiger partial charge in [-0.15, -0.1) is 0 Å². The molecule has 1 aromatic rings. The van der Waals surface area contributed by atoms with Gasteiger partial charge in [-0.05, 0) is 26.8 Å². The Hall–Kier alpha value is -1.47. The molecule has 1 amide bonds. The van der Waals surface area contributed by atoms with Crippen LogP contribution in [-0.4, -0.2) is 37.0 Å². The number of rotatable bonds is 6. The minimum atomic E-state index is -3.53. The molecule has 7 heteroatoms. The number of nitrogens with one attached hydrogen (secondary N) is 1. The second kappa shape index (κ2) is 7.19. The van der Waals surface area contributed by atoms with E-state index in [4.69, 9.17) is 0 Å². The predicted molar refractivity (Wildman–Crippen MR) is 84.2 cm³/mol. The van der Waals surface area contributed by atoms with E-state index in [0.29, 0.717) is 0 Å². The van der Waals surface area contributed by atoms with E-state index in [-0.39, 0.29) is 36.5 Å². The van der Waals surface area contributed by atoms with E-state index in [9.17, 15) is 17.6 Å². The molecule has 0 spiro atoms. The van der Waals surface area contributed by atoms with Crippen LogP contribution in [0, 0.1) is 5.82 Å². The number of hydrogen-bond donors (Lipinski definition) is 1. The normalized spacial score (nSPS) is 12.5. The minimum absolute atomic E-state index is 0.00901. The lowest BCUT2D eigenvalue weighted by atomic mass is 10.1. The summed E-state index contributed by atoms with van der Waals surface area (Å²) in [4.78, 5) is 11.8. The summed E-state index contributed by atoms with van der Waals surface area (Å²) >= 11 is 0. The summed E-state index contributed by atoms with van der Waals surface area (Å²) in [7, 11) is -3.53. The molecule has 5 nitrogen and oxygen atoms in total. The van der Waals surface area contributed by atoms with Crippen LogP contribution < -0.4 is 5.32 Å². The van der Waals surface area contributed by atoms with Crippen LogP contribution >= 0.6 is 0 Å². The summed E-state index contributed by atoms with van der Waals surface area (Å²) in [5, 5.41) is 2.77. The molecular formula is C15H23FN2O3S. The first kappa shape index (κ1) is 18.6. The van der Waals surface area contributed by atoms with Crippen molar-refractivity contribution in [2.45, 2.75) is 39.3 Å². The van der Waals surface area contributed by atoms with Gasteiger partial charge in [0, 0.05) is 30.6 Å². The maximum atomic E-state index is 13.7. The highest BCUT2D eigenvalue weighted by Crippen LogP contribution is 2.13. The van der Waals surface area contributed by atoms with Gasteiger partial charge in [0.1, 0.15) is 5.82 Å². The highest BCUT2D eigenvalue weighted by atomic mass is 32.2. The molecule has 0 atom stereocenters. The van der Waals surface area contributed by atoms with Gasteiger partial charge in [-0.3, -0.25) is 4.79 Å². The van der Waals surface area contributed by atoms with E-state index in [2.05, 4.69) is 5.32 Å². The Balaban J connectivity index is 2.75. The Kier molecular flexibility index (Phi) is 6.08.